The Bertz CT molecular complexity index is 1290. The van der Waals surface area contributed by atoms with Crippen molar-refractivity contribution in [1.29, 1.82) is 0 Å². The Kier molecular flexibility index (Phi) is 6.82. The molecule has 2 heterocycles. The third kappa shape index (κ3) is 5.27. The number of rotatable bonds is 5. The van der Waals surface area contributed by atoms with Crippen LogP contribution in [0.15, 0.2) is 60.7 Å². The molecule has 3 aromatic carbocycles. The fourth-order valence-electron chi connectivity index (χ4n) is 5.38. The van der Waals surface area contributed by atoms with E-state index in [2.05, 4.69) is 35.6 Å². The monoisotopic (exact) mass is 501 g/mol. The second kappa shape index (κ2) is 10.1. The van der Waals surface area contributed by atoms with E-state index in [1.807, 2.05) is 56.0 Å². The third-order valence-electron chi connectivity index (χ3n) is 7.15. The largest absolute Gasteiger partial charge is 0.496 e. The van der Waals surface area contributed by atoms with E-state index in [0.717, 1.165) is 33.2 Å². The van der Waals surface area contributed by atoms with Gasteiger partial charge in [-0.3, -0.25) is 9.69 Å². The predicted octanol–water partition coefficient (Wildman–Crippen LogP) is 4.86. The van der Waals surface area contributed by atoms with Gasteiger partial charge in [0.2, 0.25) is 5.91 Å². The molecule has 0 unspecified atom stereocenters. The number of benzene rings is 3. The number of fused-ring (bicyclic) bond motifs is 2. The molecule has 2 atom stereocenters. The number of hydrogen-bond donors (Lipinski definition) is 1. The second-order valence-electron chi connectivity index (χ2n) is 10.9. The highest BCUT2D eigenvalue weighted by Crippen LogP contribution is 2.31. The molecule has 0 aromatic heterocycles. The molecule has 5 rings (SSSR count). The van der Waals surface area contributed by atoms with Crippen LogP contribution >= 0.6 is 0 Å². The fraction of sp³-hybridized carbons (Fsp3) is 0.400. The van der Waals surface area contributed by atoms with Crippen LogP contribution in [0, 0.1) is 0 Å². The molecule has 0 spiro atoms. The standard InChI is InChI=1S/C30H35N3O4/c1-30(2,3)37-29(35)33-19-23(15-26(33)28(34)32-17-21-10-5-6-11-22(21)18-32)31-16-25-24-12-8-7-9-20(24)13-14-27(25)36-4/h5-14,23,26,31H,15-19H2,1-4H3/t23-,26-/m0/s1. The summed E-state index contributed by atoms with van der Waals surface area (Å²) in [5.41, 5.74) is 2.75. The zero-order chi connectivity index (χ0) is 26.2. The maximum atomic E-state index is 13.7. The van der Waals surface area contributed by atoms with Crippen molar-refractivity contribution in [3.8, 4) is 5.75 Å². The van der Waals surface area contributed by atoms with Crippen LogP contribution in [0.2, 0.25) is 0 Å². The Morgan fingerprint density at radius 1 is 0.973 bits per heavy atom. The first-order valence-electron chi connectivity index (χ1n) is 12.9. The zero-order valence-electron chi connectivity index (χ0n) is 22.0. The topological polar surface area (TPSA) is 71.1 Å². The maximum absolute atomic E-state index is 13.7. The molecular formula is C30H35N3O4. The van der Waals surface area contributed by atoms with Crippen LogP contribution in [0.5, 0.6) is 5.75 Å². The van der Waals surface area contributed by atoms with Crippen LogP contribution < -0.4 is 10.1 Å². The average molecular weight is 502 g/mol. The van der Waals surface area contributed by atoms with Crippen molar-refractivity contribution < 1.29 is 19.1 Å². The van der Waals surface area contributed by atoms with Crippen molar-refractivity contribution in [3.63, 3.8) is 0 Å². The van der Waals surface area contributed by atoms with Crippen molar-refractivity contribution >= 4 is 22.8 Å². The van der Waals surface area contributed by atoms with Crippen molar-refractivity contribution in [2.24, 2.45) is 0 Å². The first-order chi connectivity index (χ1) is 17.7. The molecule has 3 aromatic rings. The van der Waals surface area contributed by atoms with Crippen LogP contribution in [-0.2, 0) is 29.2 Å². The molecule has 0 bridgehead atoms. The number of methoxy groups -OCH3 is 1. The lowest BCUT2D eigenvalue weighted by Crippen LogP contribution is -2.47. The third-order valence-corrected chi connectivity index (χ3v) is 7.15. The van der Waals surface area contributed by atoms with Crippen molar-refractivity contribution in [2.75, 3.05) is 13.7 Å². The van der Waals surface area contributed by atoms with E-state index in [9.17, 15) is 9.59 Å². The predicted molar refractivity (Wildman–Crippen MR) is 143 cm³/mol. The van der Waals surface area contributed by atoms with Crippen LogP contribution in [-0.4, -0.2) is 53.1 Å². The maximum Gasteiger partial charge on any atom is 0.411 e. The first kappa shape index (κ1) is 25.1. The van der Waals surface area contributed by atoms with E-state index in [1.165, 1.54) is 0 Å². The van der Waals surface area contributed by atoms with E-state index >= 15 is 0 Å². The zero-order valence-corrected chi connectivity index (χ0v) is 22.0. The number of amides is 2. The lowest BCUT2D eigenvalue weighted by molar-refractivity contribution is -0.136. The summed E-state index contributed by atoms with van der Waals surface area (Å²) in [7, 11) is 1.68. The van der Waals surface area contributed by atoms with Crippen LogP contribution in [0.4, 0.5) is 4.79 Å². The molecule has 2 amide bonds. The van der Waals surface area contributed by atoms with Crippen molar-refractivity contribution in [2.45, 2.75) is 64.5 Å². The van der Waals surface area contributed by atoms with E-state index in [4.69, 9.17) is 9.47 Å². The molecule has 194 valence electrons. The van der Waals surface area contributed by atoms with Gasteiger partial charge in [0.15, 0.2) is 0 Å². The van der Waals surface area contributed by atoms with Crippen molar-refractivity contribution in [1.82, 2.24) is 15.1 Å². The molecule has 7 nitrogen and oxygen atoms in total. The summed E-state index contributed by atoms with van der Waals surface area (Å²) >= 11 is 0. The Morgan fingerprint density at radius 2 is 1.65 bits per heavy atom. The van der Waals surface area contributed by atoms with Gasteiger partial charge < -0.3 is 19.7 Å². The smallest absolute Gasteiger partial charge is 0.411 e. The normalized spacial score (nSPS) is 19.2. The Morgan fingerprint density at radius 3 is 2.32 bits per heavy atom. The van der Waals surface area contributed by atoms with Gasteiger partial charge in [0.05, 0.1) is 7.11 Å². The molecule has 1 saturated heterocycles. The molecule has 1 N–H and O–H groups in total. The summed E-state index contributed by atoms with van der Waals surface area (Å²) in [4.78, 5) is 30.4. The summed E-state index contributed by atoms with van der Waals surface area (Å²) in [6.07, 6.45) is 0.0764. The van der Waals surface area contributed by atoms with Gasteiger partial charge in [0, 0.05) is 37.8 Å². The number of hydrogen-bond acceptors (Lipinski definition) is 5. The minimum absolute atomic E-state index is 0.0332. The summed E-state index contributed by atoms with van der Waals surface area (Å²) in [5.74, 6) is 0.782. The number of nitrogens with one attached hydrogen (secondary N) is 1. The highest BCUT2D eigenvalue weighted by Gasteiger charge is 2.43. The fourth-order valence-corrected chi connectivity index (χ4v) is 5.38. The van der Waals surface area contributed by atoms with Gasteiger partial charge in [-0.2, -0.15) is 0 Å². The van der Waals surface area contributed by atoms with Crippen LogP contribution in [0.1, 0.15) is 43.9 Å². The lowest BCUT2D eigenvalue weighted by atomic mass is 10.0. The molecule has 0 saturated carbocycles. The van der Waals surface area contributed by atoms with Gasteiger partial charge in [-0.05, 0) is 55.2 Å². The number of nitrogens with zero attached hydrogens (tertiary/aromatic N) is 2. The molecule has 1 fully saturated rings. The molecule has 0 aliphatic carbocycles. The summed E-state index contributed by atoms with van der Waals surface area (Å²) in [6.45, 7) is 7.64. The highest BCUT2D eigenvalue weighted by atomic mass is 16.6. The molecule has 2 aliphatic rings. The van der Waals surface area contributed by atoms with Gasteiger partial charge in [-0.1, -0.05) is 54.6 Å². The van der Waals surface area contributed by atoms with Crippen LogP contribution in [0.3, 0.4) is 0 Å². The van der Waals surface area contributed by atoms with Gasteiger partial charge >= 0.3 is 6.09 Å². The molecular weight excluding hydrogens is 466 g/mol. The Balaban J connectivity index is 1.35. The van der Waals surface area contributed by atoms with E-state index < -0.39 is 17.7 Å². The number of likely N-dealkylation sites (tertiary alicyclic amines) is 1. The average Bonchev–Trinajstić information content (AvgIpc) is 3.50. The van der Waals surface area contributed by atoms with E-state index in [0.29, 0.717) is 32.6 Å². The number of carbonyl (C=O) groups excluding carboxylic acids is 2. The summed E-state index contributed by atoms with van der Waals surface area (Å²) in [6, 6.07) is 19.7. The summed E-state index contributed by atoms with van der Waals surface area (Å²) < 4.78 is 11.4. The minimum atomic E-state index is -0.642. The highest BCUT2D eigenvalue weighted by molar-refractivity contribution is 5.88. The van der Waals surface area contributed by atoms with E-state index in [-0.39, 0.29) is 11.9 Å². The summed E-state index contributed by atoms with van der Waals surface area (Å²) in [5, 5.41) is 5.87. The quantitative estimate of drug-likeness (QED) is 0.541. The van der Waals surface area contributed by atoms with Gasteiger partial charge in [-0.15, -0.1) is 0 Å². The van der Waals surface area contributed by atoms with Gasteiger partial charge in [0.1, 0.15) is 17.4 Å². The molecule has 7 heteroatoms. The first-order valence-corrected chi connectivity index (χ1v) is 12.9. The number of ether oxygens (including phenoxy) is 2. The van der Waals surface area contributed by atoms with E-state index in [1.54, 1.807) is 12.0 Å². The van der Waals surface area contributed by atoms with Gasteiger partial charge in [0.25, 0.3) is 0 Å². The number of carbonyl (C=O) groups is 2. The Hall–Kier alpha value is -3.58. The van der Waals surface area contributed by atoms with Gasteiger partial charge in [-0.25, -0.2) is 4.79 Å². The molecule has 0 radical (unpaired) electrons. The second-order valence-corrected chi connectivity index (χ2v) is 10.9. The van der Waals surface area contributed by atoms with Crippen molar-refractivity contribution in [3.05, 3.63) is 77.4 Å². The molecule has 2 aliphatic heterocycles. The van der Waals surface area contributed by atoms with Crippen LogP contribution in [0.25, 0.3) is 10.8 Å². The molecule has 37 heavy (non-hydrogen) atoms. The SMILES string of the molecule is COc1ccc2ccccc2c1CN[C@H]1C[C@@H](C(=O)N2Cc3ccccc3C2)N(C(=O)OC(C)(C)C)C1. The minimum Gasteiger partial charge on any atom is -0.496 e. The lowest BCUT2D eigenvalue weighted by Gasteiger charge is -2.30. The Labute approximate surface area is 218 Å².